The van der Waals surface area contributed by atoms with E-state index in [1.807, 2.05) is 24.3 Å². The summed E-state index contributed by atoms with van der Waals surface area (Å²) in [6, 6.07) is 16.1. The summed E-state index contributed by atoms with van der Waals surface area (Å²) in [5.74, 6) is -0.968. The van der Waals surface area contributed by atoms with Gasteiger partial charge in [-0.05, 0) is 35.1 Å². The highest BCUT2D eigenvalue weighted by Crippen LogP contribution is 2.44. The molecule has 0 radical (unpaired) electrons. The maximum atomic E-state index is 12.3. The molecule has 0 saturated carbocycles. The van der Waals surface area contributed by atoms with Gasteiger partial charge in [0.1, 0.15) is 6.61 Å². The Morgan fingerprint density at radius 1 is 1.00 bits per heavy atom. The number of nitrogens with one attached hydrogen (secondary N) is 1. The highest BCUT2D eigenvalue weighted by molar-refractivity contribution is 5.79. The summed E-state index contributed by atoms with van der Waals surface area (Å²) in [6.45, 7) is 1.61. The standard InChI is InChI=1S/C26H30N2O6/c29-24(28-13-5-6-18(28)16-25(30)31)11-14-33-15-12-27-26(32)34-17-23-21-9-3-1-7-19(21)20-8-2-4-10-22(20)23/h1-4,7-10,18,23H,5-6,11-17H2,(H,27,32)(H,30,31)/t18-/m1/s1. The zero-order valence-electron chi connectivity index (χ0n) is 19.1. The number of nitrogens with zero attached hydrogens (tertiary/aromatic N) is 1. The summed E-state index contributed by atoms with van der Waals surface area (Å²) in [5.41, 5.74) is 4.68. The Hall–Kier alpha value is -3.39. The number of benzene rings is 2. The van der Waals surface area contributed by atoms with E-state index < -0.39 is 12.1 Å². The third-order valence-corrected chi connectivity index (χ3v) is 6.43. The van der Waals surface area contributed by atoms with Crippen LogP contribution in [0.15, 0.2) is 48.5 Å². The summed E-state index contributed by atoms with van der Waals surface area (Å²) in [7, 11) is 0. The number of carboxylic acid groups (broad SMARTS) is 1. The van der Waals surface area contributed by atoms with E-state index >= 15 is 0 Å². The molecule has 1 saturated heterocycles. The van der Waals surface area contributed by atoms with Crippen molar-refractivity contribution in [2.45, 2.75) is 37.6 Å². The smallest absolute Gasteiger partial charge is 0.407 e. The number of aliphatic carboxylic acids is 1. The van der Waals surface area contributed by atoms with Crippen LogP contribution in [-0.2, 0) is 19.1 Å². The fourth-order valence-electron chi connectivity index (χ4n) is 4.86. The van der Waals surface area contributed by atoms with E-state index in [9.17, 15) is 14.4 Å². The quantitative estimate of drug-likeness (QED) is 0.520. The van der Waals surface area contributed by atoms with Gasteiger partial charge in [-0.2, -0.15) is 0 Å². The molecule has 4 rings (SSSR count). The molecule has 8 nitrogen and oxygen atoms in total. The molecule has 2 aromatic carbocycles. The Bertz CT molecular complexity index is 994. The third-order valence-electron chi connectivity index (χ3n) is 6.43. The second kappa shape index (κ2) is 11.2. The van der Waals surface area contributed by atoms with Gasteiger partial charge in [0.2, 0.25) is 5.91 Å². The number of hydrogen-bond donors (Lipinski definition) is 2. The number of ether oxygens (including phenoxy) is 2. The minimum atomic E-state index is -0.889. The molecule has 1 aliphatic heterocycles. The highest BCUT2D eigenvalue weighted by Gasteiger charge is 2.30. The Labute approximate surface area is 198 Å². The molecule has 1 atom stereocenters. The number of carbonyl (C=O) groups excluding carboxylic acids is 2. The first-order valence-electron chi connectivity index (χ1n) is 11.7. The Balaban J connectivity index is 1.14. The summed E-state index contributed by atoms with van der Waals surface area (Å²) in [5, 5.41) is 11.7. The first kappa shape index (κ1) is 23.8. The van der Waals surface area contributed by atoms with Gasteiger partial charge in [-0.15, -0.1) is 0 Å². The van der Waals surface area contributed by atoms with Crippen LogP contribution in [0.1, 0.15) is 42.7 Å². The molecule has 0 unspecified atom stereocenters. The predicted octanol–water partition coefficient (Wildman–Crippen LogP) is 3.40. The maximum absolute atomic E-state index is 12.3. The van der Waals surface area contributed by atoms with E-state index in [-0.39, 0.29) is 57.1 Å². The fourth-order valence-corrected chi connectivity index (χ4v) is 4.86. The lowest BCUT2D eigenvalue weighted by Crippen LogP contribution is -2.37. The molecule has 1 fully saturated rings. The third kappa shape index (κ3) is 5.56. The average molecular weight is 467 g/mol. The Morgan fingerprint density at radius 2 is 1.68 bits per heavy atom. The van der Waals surface area contributed by atoms with Crippen LogP contribution in [-0.4, -0.2) is 66.9 Å². The van der Waals surface area contributed by atoms with Gasteiger partial charge in [-0.1, -0.05) is 48.5 Å². The molecule has 2 amide bonds. The number of hydrogen-bond acceptors (Lipinski definition) is 5. The maximum Gasteiger partial charge on any atom is 0.407 e. The molecular formula is C26H30N2O6. The van der Waals surface area contributed by atoms with Gasteiger partial charge in [0.25, 0.3) is 0 Å². The number of amides is 2. The van der Waals surface area contributed by atoms with Crippen LogP contribution in [0.25, 0.3) is 11.1 Å². The predicted molar refractivity (Wildman–Crippen MR) is 125 cm³/mol. The molecule has 2 N–H and O–H groups in total. The largest absolute Gasteiger partial charge is 0.481 e. The van der Waals surface area contributed by atoms with Gasteiger partial charge in [0.15, 0.2) is 0 Å². The van der Waals surface area contributed by atoms with Crippen LogP contribution < -0.4 is 5.32 Å². The van der Waals surface area contributed by atoms with Crippen LogP contribution in [0.5, 0.6) is 0 Å². The van der Waals surface area contributed by atoms with E-state index in [2.05, 4.69) is 29.6 Å². The molecule has 34 heavy (non-hydrogen) atoms. The van der Waals surface area contributed by atoms with Crippen molar-refractivity contribution in [3.63, 3.8) is 0 Å². The first-order valence-corrected chi connectivity index (χ1v) is 11.7. The van der Waals surface area contributed by atoms with Crippen LogP contribution >= 0.6 is 0 Å². The molecule has 0 aromatic heterocycles. The second-order valence-corrected chi connectivity index (χ2v) is 8.60. The highest BCUT2D eigenvalue weighted by atomic mass is 16.5. The molecule has 2 aromatic rings. The van der Waals surface area contributed by atoms with Gasteiger partial charge in [-0.25, -0.2) is 4.79 Å². The minimum absolute atomic E-state index is 0.0101. The molecule has 180 valence electrons. The van der Waals surface area contributed by atoms with Crippen molar-refractivity contribution < 1.29 is 29.0 Å². The molecular weight excluding hydrogens is 436 g/mol. The molecule has 1 heterocycles. The van der Waals surface area contributed by atoms with Crippen LogP contribution in [0.3, 0.4) is 0 Å². The lowest BCUT2D eigenvalue weighted by atomic mass is 9.98. The topological polar surface area (TPSA) is 105 Å². The number of likely N-dealkylation sites (tertiary alicyclic amines) is 1. The summed E-state index contributed by atoms with van der Waals surface area (Å²) in [4.78, 5) is 37.1. The van der Waals surface area contributed by atoms with Crippen molar-refractivity contribution in [3.8, 4) is 11.1 Å². The van der Waals surface area contributed by atoms with Crippen molar-refractivity contribution in [2.24, 2.45) is 0 Å². The van der Waals surface area contributed by atoms with Gasteiger partial charge in [-0.3, -0.25) is 9.59 Å². The second-order valence-electron chi connectivity index (χ2n) is 8.60. The molecule has 1 aliphatic carbocycles. The molecule has 0 spiro atoms. The van der Waals surface area contributed by atoms with E-state index in [1.54, 1.807) is 4.90 Å². The van der Waals surface area contributed by atoms with Gasteiger partial charge < -0.3 is 24.8 Å². The zero-order valence-corrected chi connectivity index (χ0v) is 19.1. The number of carboxylic acids is 1. The number of carbonyl (C=O) groups is 3. The van der Waals surface area contributed by atoms with E-state index in [0.717, 1.165) is 24.0 Å². The Kier molecular flexibility index (Phi) is 7.80. The normalized spacial score (nSPS) is 16.7. The van der Waals surface area contributed by atoms with Crippen molar-refractivity contribution in [1.82, 2.24) is 10.2 Å². The average Bonchev–Trinajstić information content (AvgIpc) is 3.42. The molecule has 2 aliphatic rings. The zero-order chi connectivity index (χ0) is 23.9. The van der Waals surface area contributed by atoms with Gasteiger partial charge in [0.05, 0.1) is 26.1 Å². The fraction of sp³-hybridized carbons (Fsp3) is 0.423. The molecule has 8 heteroatoms. The first-order chi connectivity index (χ1) is 16.5. The van der Waals surface area contributed by atoms with Crippen LogP contribution in [0.2, 0.25) is 0 Å². The van der Waals surface area contributed by atoms with Crippen molar-refractivity contribution >= 4 is 18.0 Å². The Morgan fingerprint density at radius 3 is 2.35 bits per heavy atom. The van der Waals surface area contributed by atoms with Gasteiger partial charge >= 0.3 is 12.1 Å². The monoisotopic (exact) mass is 466 g/mol. The summed E-state index contributed by atoms with van der Waals surface area (Å²) >= 11 is 0. The van der Waals surface area contributed by atoms with Crippen molar-refractivity contribution in [3.05, 3.63) is 59.7 Å². The van der Waals surface area contributed by atoms with Crippen LogP contribution in [0.4, 0.5) is 4.79 Å². The van der Waals surface area contributed by atoms with Crippen molar-refractivity contribution in [1.29, 1.82) is 0 Å². The van der Waals surface area contributed by atoms with E-state index in [0.29, 0.717) is 6.54 Å². The van der Waals surface area contributed by atoms with Gasteiger partial charge in [0, 0.05) is 25.0 Å². The molecule has 0 bridgehead atoms. The van der Waals surface area contributed by atoms with Crippen LogP contribution in [0, 0.1) is 0 Å². The number of rotatable bonds is 10. The SMILES string of the molecule is O=C(O)C[C@H]1CCCN1C(=O)CCOCCNC(=O)OCC1c2ccccc2-c2ccccc21. The van der Waals surface area contributed by atoms with E-state index in [1.165, 1.54) is 11.1 Å². The van der Waals surface area contributed by atoms with Crippen molar-refractivity contribution in [2.75, 3.05) is 32.9 Å². The lowest BCUT2D eigenvalue weighted by molar-refractivity contribution is -0.140. The number of alkyl carbamates (subject to hydrolysis) is 1. The summed E-state index contributed by atoms with van der Waals surface area (Å²) < 4.78 is 10.9. The minimum Gasteiger partial charge on any atom is -0.481 e. The summed E-state index contributed by atoms with van der Waals surface area (Å²) in [6.07, 6.45) is 1.23. The van der Waals surface area contributed by atoms with E-state index in [4.69, 9.17) is 14.6 Å². The number of fused-ring (bicyclic) bond motifs is 3. The lowest BCUT2D eigenvalue weighted by Gasteiger charge is -2.23.